The molecule has 0 aliphatic carbocycles. The van der Waals surface area contributed by atoms with Gasteiger partial charge in [0.15, 0.2) is 0 Å². The van der Waals surface area contributed by atoms with Crippen molar-refractivity contribution in [2.24, 2.45) is 5.92 Å². The van der Waals surface area contributed by atoms with Gasteiger partial charge in [-0.25, -0.2) is 4.79 Å². The van der Waals surface area contributed by atoms with Crippen LogP contribution in [0.15, 0.2) is 6.20 Å². The topological polar surface area (TPSA) is 81.7 Å². The highest BCUT2D eigenvalue weighted by Crippen LogP contribution is 2.18. The van der Waals surface area contributed by atoms with Gasteiger partial charge in [-0.3, -0.25) is 14.9 Å². The number of aromatic amines is 1. The van der Waals surface area contributed by atoms with Gasteiger partial charge in [0.05, 0.1) is 12.8 Å². The number of piperazine rings is 1. The van der Waals surface area contributed by atoms with Gasteiger partial charge in [0.25, 0.3) is 0 Å². The van der Waals surface area contributed by atoms with Gasteiger partial charge in [-0.2, -0.15) is 5.10 Å². The molecule has 2 heterocycles. The molecule has 1 aromatic rings. The number of hydrogen-bond acceptors (Lipinski definition) is 6. The number of carbonyl (C=O) groups excluding carboxylic acids is 1. The molecule has 1 aliphatic heterocycles. The maximum atomic E-state index is 12.0. The first-order valence-corrected chi connectivity index (χ1v) is 9.31. The Morgan fingerprint density at radius 3 is 2.96 bits per heavy atom. The summed E-state index contributed by atoms with van der Waals surface area (Å²) in [7, 11) is 0. The molecule has 1 aromatic heterocycles. The molecule has 0 unspecified atom stereocenters. The number of aromatic nitrogens is 2. The fraction of sp³-hybridized carbons (Fsp3) is 0.778. The van der Waals surface area contributed by atoms with Crippen LogP contribution in [-0.4, -0.2) is 76.5 Å². The zero-order chi connectivity index (χ0) is 18.2. The van der Waals surface area contributed by atoms with Crippen LogP contribution in [0.4, 0.5) is 0 Å². The lowest BCUT2D eigenvalue weighted by Crippen LogP contribution is -2.53. The van der Waals surface area contributed by atoms with Gasteiger partial charge in [-0.15, -0.1) is 0 Å². The number of nitrogens with zero attached hydrogens (tertiary/aromatic N) is 3. The van der Waals surface area contributed by atoms with Gasteiger partial charge in [-0.1, -0.05) is 13.8 Å². The quantitative estimate of drug-likeness (QED) is 0.656. The van der Waals surface area contributed by atoms with Crippen LogP contribution >= 0.6 is 0 Å². The molecule has 25 heavy (non-hydrogen) atoms. The summed E-state index contributed by atoms with van der Waals surface area (Å²) in [5, 5.41) is 16.2. The Hall–Kier alpha value is -1.44. The Kier molecular flexibility index (Phi) is 7.87. The van der Waals surface area contributed by atoms with E-state index >= 15 is 0 Å². The second-order valence-corrected chi connectivity index (χ2v) is 7.11. The summed E-state index contributed by atoms with van der Waals surface area (Å²) in [4.78, 5) is 16.8. The van der Waals surface area contributed by atoms with Crippen molar-refractivity contribution in [1.82, 2.24) is 20.0 Å². The van der Waals surface area contributed by atoms with E-state index in [4.69, 9.17) is 4.74 Å². The van der Waals surface area contributed by atoms with Crippen molar-refractivity contribution in [2.45, 2.75) is 46.2 Å². The molecule has 7 heteroatoms. The van der Waals surface area contributed by atoms with E-state index in [1.165, 1.54) is 6.42 Å². The van der Waals surface area contributed by atoms with Crippen LogP contribution in [0.1, 0.15) is 49.7 Å². The summed E-state index contributed by atoms with van der Waals surface area (Å²) in [6.07, 6.45) is 3.67. The summed E-state index contributed by atoms with van der Waals surface area (Å²) in [6, 6.07) is 0.357. The summed E-state index contributed by atoms with van der Waals surface area (Å²) < 4.78 is 5.08. The Balaban J connectivity index is 1.96. The zero-order valence-corrected chi connectivity index (χ0v) is 15.7. The highest BCUT2D eigenvalue weighted by atomic mass is 16.5. The van der Waals surface area contributed by atoms with Gasteiger partial charge in [0.2, 0.25) is 0 Å². The van der Waals surface area contributed by atoms with Gasteiger partial charge >= 0.3 is 5.97 Å². The Morgan fingerprint density at radius 2 is 2.28 bits per heavy atom. The van der Waals surface area contributed by atoms with Gasteiger partial charge in [0.1, 0.15) is 5.69 Å². The van der Waals surface area contributed by atoms with Crippen molar-refractivity contribution in [2.75, 3.05) is 39.4 Å². The number of aliphatic hydroxyl groups excluding tert-OH is 1. The van der Waals surface area contributed by atoms with Crippen LogP contribution in [-0.2, 0) is 11.3 Å². The van der Waals surface area contributed by atoms with E-state index in [0.717, 1.165) is 38.2 Å². The molecule has 0 spiro atoms. The molecular formula is C18H32N4O3. The molecule has 1 fully saturated rings. The number of hydrogen-bond donors (Lipinski definition) is 2. The van der Waals surface area contributed by atoms with Crippen LogP contribution in [0, 0.1) is 5.92 Å². The summed E-state index contributed by atoms with van der Waals surface area (Å²) in [5.41, 5.74) is 1.32. The number of H-pyrrole nitrogens is 1. The average Bonchev–Trinajstić information content (AvgIpc) is 3.03. The monoisotopic (exact) mass is 352 g/mol. The number of rotatable bonds is 9. The van der Waals surface area contributed by atoms with Crippen molar-refractivity contribution in [3.05, 3.63) is 17.5 Å². The molecule has 0 radical (unpaired) electrons. The first-order chi connectivity index (χ1) is 12.0. The maximum absolute atomic E-state index is 12.0. The van der Waals surface area contributed by atoms with E-state index in [0.29, 0.717) is 30.8 Å². The molecular weight excluding hydrogens is 320 g/mol. The summed E-state index contributed by atoms with van der Waals surface area (Å²) in [6.45, 7) is 11.4. The third kappa shape index (κ3) is 5.80. The van der Waals surface area contributed by atoms with Gasteiger partial charge in [0, 0.05) is 44.4 Å². The minimum atomic E-state index is -0.350. The Bertz CT molecular complexity index is 532. The predicted octanol–water partition coefficient (Wildman–Crippen LogP) is 1.50. The molecule has 0 saturated carbocycles. The Labute approximate surface area is 150 Å². The molecule has 1 saturated heterocycles. The number of ether oxygens (including phenoxy) is 1. The molecule has 0 aromatic carbocycles. The van der Waals surface area contributed by atoms with Gasteiger partial charge < -0.3 is 9.84 Å². The van der Waals surface area contributed by atoms with Crippen molar-refractivity contribution in [3.8, 4) is 0 Å². The maximum Gasteiger partial charge on any atom is 0.356 e. The number of esters is 1. The fourth-order valence-corrected chi connectivity index (χ4v) is 3.29. The van der Waals surface area contributed by atoms with Crippen LogP contribution in [0.5, 0.6) is 0 Å². The largest absolute Gasteiger partial charge is 0.461 e. The first-order valence-electron chi connectivity index (χ1n) is 9.31. The minimum absolute atomic E-state index is 0.205. The number of aliphatic hydroxyl groups is 1. The third-order valence-electron chi connectivity index (χ3n) is 4.74. The first kappa shape index (κ1) is 19.9. The van der Waals surface area contributed by atoms with E-state index < -0.39 is 0 Å². The van der Waals surface area contributed by atoms with Crippen LogP contribution in [0.2, 0.25) is 0 Å². The van der Waals surface area contributed by atoms with Crippen molar-refractivity contribution < 1.29 is 14.6 Å². The summed E-state index contributed by atoms with van der Waals surface area (Å²) in [5.74, 6) is 0.336. The van der Waals surface area contributed by atoms with E-state index in [2.05, 4.69) is 33.8 Å². The normalized spacial score (nSPS) is 19.5. The zero-order valence-electron chi connectivity index (χ0n) is 15.7. The minimum Gasteiger partial charge on any atom is -0.461 e. The molecule has 142 valence electrons. The second kappa shape index (κ2) is 9.89. The molecule has 1 aliphatic rings. The molecule has 2 N–H and O–H groups in total. The number of nitrogens with one attached hydrogen (secondary N) is 1. The molecule has 7 nitrogen and oxygen atoms in total. The number of carbonyl (C=O) groups is 1. The SMILES string of the molecule is CCOC(=O)c1[nH]ncc1CN1CCN(CCC(C)C)[C@@H](CCO)C1. The van der Waals surface area contributed by atoms with Crippen LogP contribution in [0.25, 0.3) is 0 Å². The highest BCUT2D eigenvalue weighted by molar-refractivity contribution is 5.88. The van der Waals surface area contributed by atoms with Crippen molar-refractivity contribution in [3.63, 3.8) is 0 Å². The lowest BCUT2D eigenvalue weighted by Gasteiger charge is -2.41. The Morgan fingerprint density at radius 1 is 1.48 bits per heavy atom. The van der Waals surface area contributed by atoms with Crippen molar-refractivity contribution >= 4 is 5.97 Å². The predicted molar refractivity (Wildman–Crippen MR) is 96.3 cm³/mol. The lowest BCUT2D eigenvalue weighted by atomic mass is 10.0. The van der Waals surface area contributed by atoms with Crippen molar-refractivity contribution in [1.29, 1.82) is 0 Å². The molecule has 0 bridgehead atoms. The molecule has 0 amide bonds. The van der Waals surface area contributed by atoms with E-state index in [-0.39, 0.29) is 12.6 Å². The summed E-state index contributed by atoms with van der Waals surface area (Å²) >= 11 is 0. The standard InChI is InChI=1S/C18H32N4O3/c1-4-25-18(24)17-15(11-19-20-17)12-21-8-9-22(7-5-14(2)3)16(13-21)6-10-23/h11,14,16,23H,4-10,12-13H2,1-3H3,(H,19,20)/t16-/m0/s1. The van der Waals surface area contributed by atoms with E-state index in [1.807, 2.05) is 0 Å². The molecule has 2 rings (SSSR count). The second-order valence-electron chi connectivity index (χ2n) is 7.11. The van der Waals surface area contributed by atoms with Gasteiger partial charge in [-0.05, 0) is 32.2 Å². The van der Waals surface area contributed by atoms with E-state index in [1.54, 1.807) is 13.1 Å². The fourth-order valence-electron chi connectivity index (χ4n) is 3.29. The highest BCUT2D eigenvalue weighted by Gasteiger charge is 2.27. The molecule has 1 atom stereocenters. The smallest absolute Gasteiger partial charge is 0.356 e. The third-order valence-corrected chi connectivity index (χ3v) is 4.74. The van der Waals surface area contributed by atoms with Crippen LogP contribution < -0.4 is 0 Å². The van der Waals surface area contributed by atoms with Crippen LogP contribution in [0.3, 0.4) is 0 Å². The lowest BCUT2D eigenvalue weighted by molar-refractivity contribution is 0.0488. The average molecular weight is 352 g/mol. The van der Waals surface area contributed by atoms with E-state index in [9.17, 15) is 9.90 Å².